The molecule has 0 bridgehead atoms. The number of carbonyl (C=O) groups excluding carboxylic acids is 2. The van der Waals surface area contributed by atoms with E-state index in [2.05, 4.69) is 15.3 Å². The lowest BCUT2D eigenvalue weighted by atomic mass is 9.97. The number of rotatable bonds is 5. The van der Waals surface area contributed by atoms with Crippen LogP contribution in [0.15, 0.2) is 30.7 Å². The second-order valence-corrected chi connectivity index (χ2v) is 9.74. The van der Waals surface area contributed by atoms with Crippen LogP contribution in [0.25, 0.3) is 16.9 Å². The third kappa shape index (κ3) is 5.56. The molecule has 34 heavy (non-hydrogen) atoms. The molecule has 0 radical (unpaired) electrons. The highest BCUT2D eigenvalue weighted by Crippen LogP contribution is 2.26. The maximum absolute atomic E-state index is 12.3. The molecule has 1 aliphatic heterocycles. The first-order valence-corrected chi connectivity index (χ1v) is 11.5. The van der Waals surface area contributed by atoms with Crippen molar-refractivity contribution in [2.24, 2.45) is 11.7 Å². The largest absolute Gasteiger partial charge is 0.444 e. The molecule has 3 aromatic rings. The number of carbonyl (C=O) groups is 2. The zero-order valence-corrected chi connectivity index (χ0v) is 20.2. The maximum Gasteiger partial charge on any atom is 0.410 e. The van der Waals surface area contributed by atoms with E-state index >= 15 is 0 Å². The fourth-order valence-electron chi connectivity index (χ4n) is 3.82. The van der Waals surface area contributed by atoms with Gasteiger partial charge >= 0.3 is 6.09 Å². The fraction of sp³-hybridized carbons (Fsp3) is 0.435. The monoisotopic (exact) mass is 485 g/mol. The van der Waals surface area contributed by atoms with Gasteiger partial charge in [-0.3, -0.25) is 4.79 Å². The van der Waals surface area contributed by atoms with Gasteiger partial charge in [0, 0.05) is 43.8 Å². The molecule has 1 aliphatic rings. The van der Waals surface area contributed by atoms with Gasteiger partial charge in [0.25, 0.3) is 5.91 Å². The molecule has 4 heterocycles. The van der Waals surface area contributed by atoms with Crippen molar-refractivity contribution < 1.29 is 14.3 Å². The lowest BCUT2D eigenvalue weighted by Gasteiger charge is -2.33. The zero-order chi connectivity index (χ0) is 24.5. The Morgan fingerprint density at radius 1 is 1.24 bits per heavy atom. The number of amides is 2. The van der Waals surface area contributed by atoms with Gasteiger partial charge in [-0.05, 0) is 51.7 Å². The van der Waals surface area contributed by atoms with E-state index in [1.807, 2.05) is 26.8 Å². The normalized spacial score (nSPS) is 14.9. The number of imidazole rings is 1. The Morgan fingerprint density at radius 3 is 2.62 bits per heavy atom. The second kappa shape index (κ2) is 9.46. The van der Waals surface area contributed by atoms with Gasteiger partial charge in [-0.1, -0.05) is 11.6 Å². The number of hydrogen-bond acceptors (Lipinski definition) is 7. The van der Waals surface area contributed by atoms with E-state index in [0.717, 1.165) is 18.4 Å². The minimum Gasteiger partial charge on any atom is -0.444 e. The van der Waals surface area contributed by atoms with Crippen LogP contribution in [0, 0.1) is 5.92 Å². The summed E-state index contributed by atoms with van der Waals surface area (Å²) in [6.45, 7) is 7.50. The van der Waals surface area contributed by atoms with Crippen LogP contribution >= 0.6 is 11.6 Å². The summed E-state index contributed by atoms with van der Waals surface area (Å²) in [4.78, 5) is 38.9. The van der Waals surface area contributed by atoms with Crippen molar-refractivity contribution in [1.29, 1.82) is 0 Å². The Labute approximate surface area is 202 Å². The Hall–Kier alpha value is -3.40. The number of nitrogens with two attached hydrogens (primary N) is 1. The summed E-state index contributed by atoms with van der Waals surface area (Å²) < 4.78 is 7.20. The standard InChI is InChI=1S/C23H28ClN7O3/c1-23(2,3)34-22(33)30-8-5-14(6-9-30)11-27-20-21-29-17(19(25)32)13-31(21)12-16(28-20)15-4-7-26-18(24)10-15/h4,7,10,12-14H,5-6,8-9,11H2,1-3H3,(H2,25,32)(H,27,28). The van der Waals surface area contributed by atoms with Gasteiger partial charge in [-0.2, -0.15) is 0 Å². The topological polar surface area (TPSA) is 128 Å². The van der Waals surface area contributed by atoms with E-state index in [9.17, 15) is 9.59 Å². The lowest BCUT2D eigenvalue weighted by Crippen LogP contribution is -2.42. The average Bonchev–Trinajstić information content (AvgIpc) is 3.21. The molecule has 3 aromatic heterocycles. The second-order valence-electron chi connectivity index (χ2n) is 9.35. The highest BCUT2D eigenvalue weighted by Gasteiger charge is 2.27. The summed E-state index contributed by atoms with van der Waals surface area (Å²) in [5.41, 5.74) is 7.02. The van der Waals surface area contributed by atoms with Crippen LogP contribution in [0.5, 0.6) is 0 Å². The number of likely N-dealkylation sites (tertiary alicyclic amines) is 1. The predicted octanol–water partition coefficient (Wildman–Crippen LogP) is 3.60. The fourth-order valence-corrected chi connectivity index (χ4v) is 4.00. The number of anilines is 1. The molecule has 180 valence electrons. The van der Waals surface area contributed by atoms with Gasteiger partial charge in [0.15, 0.2) is 11.5 Å². The van der Waals surface area contributed by atoms with Crippen molar-refractivity contribution in [3.63, 3.8) is 0 Å². The number of aromatic nitrogens is 4. The minimum absolute atomic E-state index is 0.153. The van der Waals surface area contributed by atoms with Gasteiger partial charge in [-0.25, -0.2) is 19.7 Å². The number of halogens is 1. The molecule has 1 saturated heterocycles. The molecule has 10 nitrogen and oxygen atoms in total. The molecule has 0 spiro atoms. The summed E-state index contributed by atoms with van der Waals surface area (Å²) in [7, 11) is 0. The summed E-state index contributed by atoms with van der Waals surface area (Å²) in [6.07, 6.45) is 6.35. The smallest absolute Gasteiger partial charge is 0.410 e. The first kappa shape index (κ1) is 23.7. The van der Waals surface area contributed by atoms with Gasteiger partial charge in [0.1, 0.15) is 16.4 Å². The van der Waals surface area contributed by atoms with Crippen LogP contribution in [0.3, 0.4) is 0 Å². The summed E-state index contributed by atoms with van der Waals surface area (Å²) in [5, 5.41) is 3.74. The third-order valence-corrected chi connectivity index (χ3v) is 5.74. The van der Waals surface area contributed by atoms with Gasteiger partial charge in [0.2, 0.25) is 0 Å². The quantitative estimate of drug-likeness (QED) is 0.528. The third-order valence-electron chi connectivity index (χ3n) is 5.54. The van der Waals surface area contributed by atoms with Crippen molar-refractivity contribution in [2.45, 2.75) is 39.2 Å². The zero-order valence-electron chi connectivity index (χ0n) is 19.4. The van der Waals surface area contributed by atoms with Gasteiger partial charge in [0.05, 0.1) is 5.69 Å². The number of pyridine rings is 1. The lowest BCUT2D eigenvalue weighted by molar-refractivity contribution is 0.0188. The molecule has 2 amide bonds. The number of nitrogens with one attached hydrogen (secondary N) is 1. The molecule has 11 heteroatoms. The Morgan fingerprint density at radius 2 is 1.97 bits per heavy atom. The van der Waals surface area contributed by atoms with Crippen molar-refractivity contribution in [3.8, 4) is 11.3 Å². The first-order valence-electron chi connectivity index (χ1n) is 11.1. The molecule has 1 fully saturated rings. The Balaban J connectivity index is 1.50. The average molecular weight is 486 g/mol. The molecule has 0 saturated carbocycles. The Kier molecular flexibility index (Phi) is 6.60. The van der Waals surface area contributed by atoms with Crippen molar-refractivity contribution >= 4 is 35.1 Å². The first-order chi connectivity index (χ1) is 16.1. The van der Waals surface area contributed by atoms with E-state index in [4.69, 9.17) is 27.1 Å². The highest BCUT2D eigenvalue weighted by atomic mass is 35.5. The van der Waals surface area contributed by atoms with Gasteiger partial charge < -0.3 is 25.1 Å². The van der Waals surface area contributed by atoms with E-state index in [1.165, 1.54) is 0 Å². The van der Waals surface area contributed by atoms with Gasteiger partial charge in [-0.15, -0.1) is 0 Å². The number of ether oxygens (including phenoxy) is 1. The van der Waals surface area contributed by atoms with E-state index in [-0.39, 0.29) is 11.8 Å². The SMILES string of the molecule is CC(C)(C)OC(=O)N1CCC(CNc2nc(-c3ccnc(Cl)c3)cn3cc(C(N)=O)nc23)CC1. The molecule has 4 rings (SSSR count). The number of fused-ring (bicyclic) bond motifs is 1. The summed E-state index contributed by atoms with van der Waals surface area (Å²) in [6, 6.07) is 3.53. The van der Waals surface area contributed by atoms with Crippen molar-refractivity contribution in [1.82, 2.24) is 24.3 Å². The minimum atomic E-state index is -0.613. The predicted molar refractivity (Wildman–Crippen MR) is 129 cm³/mol. The van der Waals surface area contributed by atoms with E-state index < -0.39 is 11.5 Å². The highest BCUT2D eigenvalue weighted by molar-refractivity contribution is 6.29. The molecule has 0 aromatic carbocycles. The molecular formula is C23H28ClN7O3. The Bertz CT molecular complexity index is 1210. The van der Waals surface area contributed by atoms with Crippen LogP contribution in [-0.2, 0) is 4.74 Å². The molecule has 0 unspecified atom stereocenters. The maximum atomic E-state index is 12.3. The van der Waals surface area contributed by atoms with E-state index in [1.54, 1.807) is 34.0 Å². The summed E-state index contributed by atoms with van der Waals surface area (Å²) in [5.74, 6) is 0.260. The van der Waals surface area contributed by atoms with Crippen LogP contribution in [0.2, 0.25) is 5.15 Å². The van der Waals surface area contributed by atoms with Crippen LogP contribution < -0.4 is 11.1 Å². The molecule has 0 aliphatic carbocycles. The molecular weight excluding hydrogens is 458 g/mol. The van der Waals surface area contributed by atoms with Crippen LogP contribution in [0.4, 0.5) is 10.6 Å². The van der Waals surface area contributed by atoms with Crippen LogP contribution in [-0.4, -0.2) is 61.5 Å². The molecule has 3 N–H and O–H groups in total. The molecule has 0 atom stereocenters. The number of primary amides is 1. The number of nitrogens with zero attached hydrogens (tertiary/aromatic N) is 5. The number of piperidine rings is 1. The van der Waals surface area contributed by atoms with Crippen LogP contribution in [0.1, 0.15) is 44.1 Å². The number of hydrogen-bond donors (Lipinski definition) is 2. The van der Waals surface area contributed by atoms with E-state index in [0.29, 0.717) is 47.9 Å². The van der Waals surface area contributed by atoms with Crippen molar-refractivity contribution in [3.05, 3.63) is 41.6 Å². The summed E-state index contributed by atoms with van der Waals surface area (Å²) >= 11 is 6.06. The van der Waals surface area contributed by atoms with Crippen molar-refractivity contribution in [2.75, 3.05) is 25.0 Å².